The van der Waals surface area contributed by atoms with Crippen LogP contribution in [0, 0.1) is 12.7 Å². The summed E-state index contributed by atoms with van der Waals surface area (Å²) in [6.07, 6.45) is 3.25. The van der Waals surface area contributed by atoms with Gasteiger partial charge in [0.1, 0.15) is 5.82 Å². The van der Waals surface area contributed by atoms with Crippen molar-refractivity contribution < 1.29 is 9.18 Å². The molecule has 1 aromatic heterocycles. The maximum absolute atomic E-state index is 13.5. The number of aromatic nitrogens is 1. The Morgan fingerprint density at radius 2 is 1.97 bits per heavy atom. The minimum atomic E-state index is -0.282. The van der Waals surface area contributed by atoms with E-state index in [0.29, 0.717) is 0 Å². The van der Waals surface area contributed by atoms with Gasteiger partial charge in [0, 0.05) is 43.8 Å². The number of nitrogens with one attached hydrogen (secondary N) is 1. The van der Waals surface area contributed by atoms with Crippen LogP contribution in [-0.4, -0.2) is 36.0 Å². The summed E-state index contributed by atoms with van der Waals surface area (Å²) in [5.41, 5.74) is 6.74. The Morgan fingerprint density at radius 1 is 1.21 bits per heavy atom. The molecule has 4 nitrogen and oxygen atoms in total. The molecule has 0 fully saturated rings. The van der Waals surface area contributed by atoms with Gasteiger partial charge >= 0.3 is 0 Å². The fraction of sp³-hybridized carbons (Fsp3) is 0.292. The SMILES string of the molecule is CNC(=O)CC(=Cn1c2c(c3cc(C)ccc31)CN(C)CC2)c1ccc(F)cc1. The van der Waals surface area contributed by atoms with Crippen LogP contribution in [-0.2, 0) is 17.8 Å². The quantitative estimate of drug-likeness (QED) is 0.723. The Bertz CT molecular complexity index is 1100. The van der Waals surface area contributed by atoms with Gasteiger partial charge in [-0.25, -0.2) is 4.39 Å². The number of amides is 1. The van der Waals surface area contributed by atoms with E-state index in [9.17, 15) is 9.18 Å². The number of aryl methyl sites for hydroxylation is 1. The number of fused-ring (bicyclic) bond motifs is 3. The predicted octanol–water partition coefficient (Wildman–Crippen LogP) is 4.21. The lowest BCUT2D eigenvalue weighted by molar-refractivity contribution is -0.119. The number of rotatable bonds is 4. The zero-order chi connectivity index (χ0) is 20.5. The van der Waals surface area contributed by atoms with Gasteiger partial charge in [-0.15, -0.1) is 0 Å². The minimum Gasteiger partial charge on any atom is -0.359 e. The number of nitrogens with zero attached hydrogens (tertiary/aromatic N) is 2. The summed E-state index contributed by atoms with van der Waals surface area (Å²) in [7, 11) is 3.78. The predicted molar refractivity (Wildman–Crippen MR) is 116 cm³/mol. The van der Waals surface area contributed by atoms with Crippen molar-refractivity contribution in [1.29, 1.82) is 0 Å². The van der Waals surface area contributed by atoms with Gasteiger partial charge < -0.3 is 14.8 Å². The summed E-state index contributed by atoms with van der Waals surface area (Å²) in [4.78, 5) is 14.5. The maximum atomic E-state index is 13.5. The molecule has 29 heavy (non-hydrogen) atoms. The molecule has 1 aliphatic heterocycles. The van der Waals surface area contributed by atoms with Crippen molar-refractivity contribution in [2.45, 2.75) is 26.3 Å². The minimum absolute atomic E-state index is 0.0681. The van der Waals surface area contributed by atoms with E-state index in [4.69, 9.17) is 0 Å². The summed E-state index contributed by atoms with van der Waals surface area (Å²) < 4.78 is 15.7. The van der Waals surface area contributed by atoms with E-state index < -0.39 is 0 Å². The second-order valence-electron chi connectivity index (χ2n) is 7.81. The normalized spacial score (nSPS) is 14.8. The third-order valence-electron chi connectivity index (χ3n) is 5.66. The monoisotopic (exact) mass is 391 g/mol. The highest BCUT2D eigenvalue weighted by Crippen LogP contribution is 2.33. The van der Waals surface area contributed by atoms with Gasteiger partial charge in [0.25, 0.3) is 0 Å². The molecule has 1 aliphatic rings. The lowest BCUT2D eigenvalue weighted by Gasteiger charge is -2.23. The first-order valence-electron chi connectivity index (χ1n) is 9.94. The second-order valence-corrected chi connectivity index (χ2v) is 7.81. The average molecular weight is 391 g/mol. The molecule has 0 saturated carbocycles. The molecule has 0 radical (unpaired) electrons. The molecule has 0 unspecified atom stereocenters. The molecule has 2 aromatic carbocycles. The van der Waals surface area contributed by atoms with E-state index in [1.54, 1.807) is 19.2 Å². The number of benzene rings is 2. The number of hydrogen-bond donors (Lipinski definition) is 1. The van der Waals surface area contributed by atoms with E-state index in [1.165, 1.54) is 34.3 Å². The Labute approximate surface area is 170 Å². The zero-order valence-corrected chi connectivity index (χ0v) is 17.1. The molecule has 0 bridgehead atoms. The summed E-state index contributed by atoms with van der Waals surface area (Å²) in [6, 6.07) is 12.9. The van der Waals surface area contributed by atoms with Crippen LogP contribution in [0.15, 0.2) is 42.5 Å². The van der Waals surface area contributed by atoms with Gasteiger partial charge in [0.05, 0.1) is 11.9 Å². The summed E-state index contributed by atoms with van der Waals surface area (Å²) in [6.45, 7) is 4.02. The van der Waals surface area contributed by atoms with Crippen molar-refractivity contribution in [3.8, 4) is 0 Å². The Kier molecular flexibility index (Phi) is 5.24. The number of carbonyl (C=O) groups excluding carboxylic acids is 1. The van der Waals surface area contributed by atoms with Gasteiger partial charge in [-0.3, -0.25) is 4.79 Å². The van der Waals surface area contributed by atoms with Crippen LogP contribution >= 0.6 is 0 Å². The van der Waals surface area contributed by atoms with Crippen LogP contribution in [0.2, 0.25) is 0 Å². The van der Waals surface area contributed by atoms with E-state index >= 15 is 0 Å². The molecule has 5 heteroatoms. The van der Waals surface area contributed by atoms with E-state index in [2.05, 4.69) is 53.2 Å². The molecule has 4 rings (SSSR count). The highest BCUT2D eigenvalue weighted by Gasteiger charge is 2.22. The summed E-state index contributed by atoms with van der Waals surface area (Å²) >= 11 is 0. The smallest absolute Gasteiger partial charge is 0.224 e. The Hall–Kier alpha value is -2.92. The zero-order valence-electron chi connectivity index (χ0n) is 17.1. The highest BCUT2D eigenvalue weighted by molar-refractivity contribution is 5.95. The molecule has 0 saturated heterocycles. The second kappa shape index (κ2) is 7.84. The fourth-order valence-corrected chi connectivity index (χ4v) is 4.09. The first-order valence-corrected chi connectivity index (χ1v) is 9.94. The van der Waals surface area contributed by atoms with Crippen LogP contribution in [0.5, 0.6) is 0 Å². The largest absolute Gasteiger partial charge is 0.359 e. The van der Waals surface area contributed by atoms with Crippen molar-refractivity contribution in [1.82, 2.24) is 14.8 Å². The van der Waals surface area contributed by atoms with E-state index in [-0.39, 0.29) is 18.1 Å². The van der Waals surface area contributed by atoms with Crippen LogP contribution in [0.4, 0.5) is 4.39 Å². The number of likely N-dealkylation sites (N-methyl/N-ethyl adjacent to an activating group) is 1. The van der Waals surface area contributed by atoms with Crippen molar-refractivity contribution in [2.24, 2.45) is 0 Å². The number of halogens is 1. The molecule has 1 amide bonds. The third-order valence-corrected chi connectivity index (χ3v) is 5.66. The molecular weight excluding hydrogens is 365 g/mol. The van der Waals surface area contributed by atoms with E-state index in [1.807, 2.05) is 0 Å². The summed E-state index contributed by atoms with van der Waals surface area (Å²) in [5.74, 6) is -0.350. The van der Waals surface area contributed by atoms with Crippen molar-refractivity contribution in [2.75, 3.05) is 20.6 Å². The van der Waals surface area contributed by atoms with Gasteiger partial charge in [0.2, 0.25) is 5.91 Å². The van der Waals surface area contributed by atoms with Crippen molar-refractivity contribution in [3.63, 3.8) is 0 Å². The van der Waals surface area contributed by atoms with E-state index in [0.717, 1.165) is 36.2 Å². The average Bonchev–Trinajstić information content (AvgIpc) is 3.00. The van der Waals surface area contributed by atoms with Gasteiger partial charge in [-0.1, -0.05) is 23.8 Å². The molecule has 1 N–H and O–H groups in total. The summed E-state index contributed by atoms with van der Waals surface area (Å²) in [5, 5.41) is 3.96. The lowest BCUT2D eigenvalue weighted by Crippen LogP contribution is -2.26. The third kappa shape index (κ3) is 3.83. The Balaban J connectivity index is 1.91. The Morgan fingerprint density at radius 3 is 2.69 bits per heavy atom. The maximum Gasteiger partial charge on any atom is 0.224 e. The van der Waals surface area contributed by atoms with Crippen LogP contribution in [0.1, 0.15) is 28.8 Å². The van der Waals surface area contributed by atoms with Crippen molar-refractivity contribution in [3.05, 3.63) is 70.7 Å². The van der Waals surface area contributed by atoms with Gasteiger partial charge in [-0.05, 0) is 54.9 Å². The number of carbonyl (C=O) groups is 1. The topological polar surface area (TPSA) is 37.3 Å². The standard InChI is InChI=1S/C24H26FN3O/c1-16-4-9-22-20(12-16)21-15-27(3)11-10-23(21)28(22)14-18(13-24(29)26-2)17-5-7-19(25)8-6-17/h4-9,12,14H,10-11,13,15H2,1-3H3,(H,26,29). The number of hydrogen-bond acceptors (Lipinski definition) is 2. The molecule has 150 valence electrons. The first-order chi connectivity index (χ1) is 14.0. The van der Waals surface area contributed by atoms with Crippen molar-refractivity contribution >= 4 is 28.6 Å². The molecule has 0 aliphatic carbocycles. The first kappa shape index (κ1) is 19.4. The highest BCUT2D eigenvalue weighted by atomic mass is 19.1. The molecule has 3 aromatic rings. The molecule has 0 atom stereocenters. The van der Waals surface area contributed by atoms with Crippen LogP contribution in [0.25, 0.3) is 22.7 Å². The molecule has 0 spiro atoms. The van der Waals surface area contributed by atoms with Crippen LogP contribution < -0.4 is 5.32 Å². The van der Waals surface area contributed by atoms with Crippen LogP contribution in [0.3, 0.4) is 0 Å². The van der Waals surface area contributed by atoms with Gasteiger partial charge in [-0.2, -0.15) is 0 Å². The molecular formula is C24H26FN3O. The van der Waals surface area contributed by atoms with Gasteiger partial charge in [0.15, 0.2) is 0 Å². The fourth-order valence-electron chi connectivity index (χ4n) is 4.09. The lowest BCUT2D eigenvalue weighted by atomic mass is 10.0. The molecule has 2 heterocycles.